The lowest BCUT2D eigenvalue weighted by molar-refractivity contribution is -0.145. The summed E-state index contributed by atoms with van der Waals surface area (Å²) in [6.07, 6.45) is -0.673. The fraction of sp³-hybridized carbons (Fsp3) is 0.500. The molecule has 4 atom stereocenters. The summed E-state index contributed by atoms with van der Waals surface area (Å²) in [7, 11) is 0. The Morgan fingerprint density at radius 2 is 1.82 bits per heavy atom. The first-order chi connectivity index (χ1) is 20.7. The fourth-order valence-corrected chi connectivity index (χ4v) is 6.00. The minimum Gasteiger partial charge on any atom is -0.488 e. The van der Waals surface area contributed by atoms with E-state index >= 15 is 0 Å². The normalized spacial score (nSPS) is 21.0. The number of carbonyl (C=O) groups excluding carboxylic acids is 2. The van der Waals surface area contributed by atoms with Gasteiger partial charge in [0.05, 0.1) is 18.7 Å². The van der Waals surface area contributed by atoms with Crippen molar-refractivity contribution in [2.24, 2.45) is 0 Å². The minimum atomic E-state index is -4.66. The molecule has 2 aliphatic rings. The number of ether oxygens (including phenoxy) is 3. The number of alkyl halides is 3. The zero-order valence-electron chi connectivity index (χ0n) is 25.0. The molecule has 2 amide bonds. The highest BCUT2D eigenvalue weighted by molar-refractivity contribution is 7.14. The molecule has 0 bridgehead atoms. The maximum atomic E-state index is 13.4. The van der Waals surface area contributed by atoms with Gasteiger partial charge in [0.1, 0.15) is 28.6 Å². The van der Waals surface area contributed by atoms with Gasteiger partial charge in [-0.2, -0.15) is 13.2 Å². The van der Waals surface area contributed by atoms with Crippen molar-refractivity contribution in [3.8, 4) is 16.3 Å². The number of morpholine rings is 1. The third-order valence-electron chi connectivity index (χ3n) is 7.26. The van der Waals surface area contributed by atoms with E-state index in [0.29, 0.717) is 47.9 Å². The van der Waals surface area contributed by atoms with Crippen LogP contribution < -0.4 is 10.1 Å². The molecule has 1 aliphatic carbocycles. The molecule has 2 fully saturated rings. The number of nitrogens with zero attached hydrogens (tertiary/aromatic N) is 4. The van der Waals surface area contributed by atoms with Gasteiger partial charge in [0.25, 0.3) is 5.91 Å². The molecule has 44 heavy (non-hydrogen) atoms. The van der Waals surface area contributed by atoms with Crippen LogP contribution in [0.3, 0.4) is 0 Å². The van der Waals surface area contributed by atoms with Crippen molar-refractivity contribution in [2.45, 2.75) is 83.5 Å². The van der Waals surface area contributed by atoms with E-state index in [1.165, 1.54) is 11.3 Å². The summed E-state index contributed by atoms with van der Waals surface area (Å²) in [4.78, 5) is 40.2. The lowest BCUT2D eigenvalue weighted by atomic mass is 10.1. The second-order valence-corrected chi connectivity index (χ2v) is 13.1. The second kappa shape index (κ2) is 12.3. The number of carbonyl (C=O) groups is 2. The van der Waals surface area contributed by atoms with Gasteiger partial charge in [0, 0.05) is 46.7 Å². The van der Waals surface area contributed by atoms with Crippen LogP contribution in [0.5, 0.6) is 5.75 Å². The highest BCUT2D eigenvalue weighted by Crippen LogP contribution is 2.36. The van der Waals surface area contributed by atoms with Gasteiger partial charge >= 0.3 is 12.3 Å². The summed E-state index contributed by atoms with van der Waals surface area (Å²) in [5.74, 6) is -1.29. The monoisotopic (exact) mass is 633 g/mol. The number of aryl methyl sites for hydroxylation is 1. The molecule has 3 aromatic rings. The Labute approximate surface area is 257 Å². The first-order valence-electron chi connectivity index (χ1n) is 14.2. The van der Waals surface area contributed by atoms with Crippen LogP contribution >= 0.6 is 11.3 Å². The molecule has 1 saturated heterocycles. The average molecular weight is 634 g/mol. The summed E-state index contributed by atoms with van der Waals surface area (Å²) >= 11 is 1.46. The summed E-state index contributed by atoms with van der Waals surface area (Å²) in [5.41, 5.74) is 0.642. The van der Waals surface area contributed by atoms with E-state index in [1.54, 1.807) is 30.2 Å². The molecule has 0 unspecified atom stereocenters. The molecule has 1 aliphatic heterocycles. The third kappa shape index (κ3) is 7.29. The van der Waals surface area contributed by atoms with Crippen molar-refractivity contribution in [3.05, 3.63) is 58.6 Å². The highest BCUT2D eigenvalue weighted by Gasteiger charge is 2.47. The Balaban J connectivity index is 1.36. The molecular formula is C30H34F3N5O5S. The number of rotatable bonds is 6. The van der Waals surface area contributed by atoms with Crippen molar-refractivity contribution in [1.82, 2.24) is 25.2 Å². The minimum absolute atomic E-state index is 0.206. The second-order valence-electron chi connectivity index (χ2n) is 11.9. The Morgan fingerprint density at radius 1 is 1.09 bits per heavy atom. The van der Waals surface area contributed by atoms with E-state index in [-0.39, 0.29) is 29.9 Å². The van der Waals surface area contributed by atoms with Crippen molar-refractivity contribution in [1.29, 1.82) is 0 Å². The number of halogens is 3. The summed E-state index contributed by atoms with van der Waals surface area (Å²) in [6, 6.07) is 4.23. The summed E-state index contributed by atoms with van der Waals surface area (Å²) in [6.45, 7) is 9.81. The molecule has 14 heteroatoms. The van der Waals surface area contributed by atoms with Crippen LogP contribution in [0.4, 0.5) is 18.0 Å². The largest absolute Gasteiger partial charge is 0.488 e. The van der Waals surface area contributed by atoms with Gasteiger partial charge in [-0.15, -0.1) is 11.3 Å². The maximum absolute atomic E-state index is 13.4. The first kappa shape index (κ1) is 31.6. The van der Waals surface area contributed by atoms with Gasteiger partial charge in [-0.1, -0.05) is 0 Å². The van der Waals surface area contributed by atoms with Crippen LogP contribution in [0.25, 0.3) is 10.6 Å². The van der Waals surface area contributed by atoms with Crippen molar-refractivity contribution in [3.63, 3.8) is 0 Å². The molecule has 3 heterocycles. The molecule has 5 rings (SSSR count). The average Bonchev–Trinajstić information content (AvgIpc) is 3.57. The zero-order valence-corrected chi connectivity index (χ0v) is 25.8. The van der Waals surface area contributed by atoms with Crippen molar-refractivity contribution < 1.29 is 37.0 Å². The van der Waals surface area contributed by atoms with Gasteiger partial charge in [0.15, 0.2) is 0 Å². The van der Waals surface area contributed by atoms with Gasteiger partial charge in [0.2, 0.25) is 5.82 Å². The summed E-state index contributed by atoms with van der Waals surface area (Å²) in [5, 5.41) is 3.50. The van der Waals surface area contributed by atoms with Crippen LogP contribution in [-0.2, 0) is 15.7 Å². The van der Waals surface area contributed by atoms with E-state index in [1.807, 2.05) is 33.8 Å². The number of hydrogen-bond acceptors (Lipinski definition) is 9. The number of hydrogen-bond donors (Lipinski definition) is 1. The topological polar surface area (TPSA) is 116 Å². The lowest BCUT2D eigenvalue weighted by Crippen LogP contribution is -2.55. The Bertz CT molecular complexity index is 1510. The zero-order chi connectivity index (χ0) is 31.8. The number of fused-ring (bicyclic) bond motifs is 1. The van der Waals surface area contributed by atoms with Gasteiger partial charge in [-0.05, 0) is 65.7 Å². The molecule has 1 saturated carbocycles. The number of aromatic nitrogens is 3. The lowest BCUT2D eigenvalue weighted by Gasteiger charge is -2.39. The molecule has 1 aromatic carbocycles. The molecule has 0 spiro atoms. The van der Waals surface area contributed by atoms with Crippen molar-refractivity contribution >= 4 is 23.3 Å². The Morgan fingerprint density at radius 3 is 2.45 bits per heavy atom. The molecule has 236 valence electrons. The van der Waals surface area contributed by atoms with E-state index in [4.69, 9.17) is 14.2 Å². The Kier molecular flexibility index (Phi) is 8.85. The van der Waals surface area contributed by atoms with Crippen LogP contribution in [0.15, 0.2) is 36.8 Å². The van der Waals surface area contributed by atoms with Crippen LogP contribution in [0, 0.1) is 6.92 Å². The predicted molar refractivity (Wildman–Crippen MR) is 155 cm³/mol. The Hall–Kier alpha value is -3.78. The van der Waals surface area contributed by atoms with E-state index < -0.39 is 29.6 Å². The number of thiazole rings is 1. The van der Waals surface area contributed by atoms with Gasteiger partial charge < -0.3 is 24.4 Å². The van der Waals surface area contributed by atoms with Gasteiger partial charge in [-0.25, -0.2) is 19.7 Å². The molecule has 10 nitrogen and oxygen atoms in total. The van der Waals surface area contributed by atoms with E-state index in [2.05, 4.69) is 20.3 Å². The molecule has 1 N–H and O–H groups in total. The van der Waals surface area contributed by atoms with Crippen molar-refractivity contribution in [2.75, 3.05) is 13.2 Å². The standard InChI is InChI=1S/C30H34F3N5O5S/c1-16-13-34-26(44-16)19-10-18(25(39)37-17(2)20-14-35-27(36-15-20)30(31,32)33)11-21(12-19)42-23-7-6-22-24(23)41-9-8-38(22)28(40)43-29(3,4)5/h10-15,17,22-24H,6-9H2,1-5H3,(H,37,39)/t17-,22+,23-,24-/m1/s1. The van der Waals surface area contributed by atoms with Crippen LogP contribution in [-0.4, -0.2) is 68.9 Å². The fourth-order valence-electron chi connectivity index (χ4n) is 5.25. The van der Waals surface area contributed by atoms with Gasteiger partial charge in [-0.3, -0.25) is 4.79 Å². The SMILES string of the molecule is Cc1cnc(-c2cc(O[C@@H]3CC[C@H]4[C@H]3OCCN4C(=O)OC(C)(C)C)cc(C(=O)N[C@H](C)c3cnc(C(F)(F)F)nc3)c2)s1. The molecule has 0 radical (unpaired) electrons. The maximum Gasteiger partial charge on any atom is 0.451 e. The smallest absolute Gasteiger partial charge is 0.451 e. The van der Waals surface area contributed by atoms with Crippen LogP contribution in [0.1, 0.15) is 73.2 Å². The first-order valence-corrected chi connectivity index (χ1v) is 15.1. The molecular weight excluding hydrogens is 599 g/mol. The summed E-state index contributed by atoms with van der Waals surface area (Å²) < 4.78 is 56.8. The molecule has 2 aromatic heterocycles. The number of nitrogens with one attached hydrogen (secondary N) is 1. The van der Waals surface area contributed by atoms with E-state index in [0.717, 1.165) is 17.3 Å². The number of amides is 2. The predicted octanol–water partition coefficient (Wildman–Crippen LogP) is 5.96. The number of benzene rings is 1. The van der Waals surface area contributed by atoms with E-state index in [9.17, 15) is 22.8 Å². The highest BCUT2D eigenvalue weighted by atomic mass is 32.1. The van der Waals surface area contributed by atoms with Crippen LogP contribution in [0.2, 0.25) is 0 Å². The quantitative estimate of drug-likeness (QED) is 0.354. The third-order valence-corrected chi connectivity index (χ3v) is 8.22.